The van der Waals surface area contributed by atoms with Crippen molar-refractivity contribution in [3.05, 3.63) is 70.5 Å². The Bertz CT molecular complexity index is 730. The van der Waals surface area contributed by atoms with Gasteiger partial charge in [-0.15, -0.1) is 0 Å². The minimum absolute atomic E-state index is 0.122. The highest BCUT2D eigenvalue weighted by Gasteiger charge is 2.24. The van der Waals surface area contributed by atoms with E-state index >= 15 is 0 Å². The van der Waals surface area contributed by atoms with E-state index in [4.69, 9.17) is 33.0 Å². The van der Waals surface area contributed by atoms with Gasteiger partial charge >= 0.3 is 6.92 Å². The van der Waals surface area contributed by atoms with Gasteiger partial charge in [-0.1, -0.05) is 47.5 Å². The summed E-state index contributed by atoms with van der Waals surface area (Å²) in [4.78, 5) is 7.04. The molecule has 1 heterocycles. The van der Waals surface area contributed by atoms with Crippen molar-refractivity contribution < 1.29 is 9.76 Å². The number of aromatic amines is 1. The van der Waals surface area contributed by atoms with Crippen molar-refractivity contribution in [2.45, 2.75) is 6.61 Å². The zero-order valence-electron chi connectivity index (χ0n) is 12.0. The third-order valence-electron chi connectivity index (χ3n) is 3.35. The summed E-state index contributed by atoms with van der Waals surface area (Å²) in [5.41, 5.74) is 2.45. The minimum Gasteiger partial charge on any atom is -0.525 e. The number of nitrogens with one attached hydrogen (secondary N) is 1. The summed E-state index contributed by atoms with van der Waals surface area (Å²) in [6.07, 6.45) is 1.54. The van der Waals surface area contributed by atoms with Crippen LogP contribution in [0.1, 0.15) is 5.69 Å². The van der Waals surface area contributed by atoms with Gasteiger partial charge in [0.1, 0.15) is 0 Å². The summed E-state index contributed by atoms with van der Waals surface area (Å²) < 4.78 is 5.98. The predicted octanol–water partition coefficient (Wildman–Crippen LogP) is 2.39. The summed E-state index contributed by atoms with van der Waals surface area (Å²) in [6, 6.07) is 15.2. The van der Waals surface area contributed by atoms with Crippen LogP contribution in [0.3, 0.4) is 0 Å². The van der Waals surface area contributed by atoms with Crippen molar-refractivity contribution in [1.29, 1.82) is 0 Å². The van der Waals surface area contributed by atoms with Gasteiger partial charge in [-0.3, -0.25) is 0 Å². The van der Waals surface area contributed by atoms with Crippen molar-refractivity contribution in [3.8, 4) is 6.01 Å². The van der Waals surface area contributed by atoms with E-state index in [1.54, 1.807) is 0 Å². The Morgan fingerprint density at radius 2 is 1.48 bits per heavy atom. The molecule has 0 fully saturated rings. The van der Waals surface area contributed by atoms with Crippen LogP contribution in [0.15, 0.2) is 54.7 Å². The molecule has 0 saturated carbocycles. The molecule has 0 atom stereocenters. The van der Waals surface area contributed by atoms with Crippen molar-refractivity contribution >= 4 is 41.0 Å². The number of imidazole rings is 1. The number of benzene rings is 2. The zero-order chi connectivity index (χ0) is 16.2. The second-order valence-electron chi connectivity index (χ2n) is 4.97. The Labute approximate surface area is 144 Å². The maximum atomic E-state index is 9.12. The number of rotatable bonds is 5. The maximum Gasteiger partial charge on any atom is 0.429 e. The largest absolute Gasteiger partial charge is 0.525 e. The van der Waals surface area contributed by atoms with Crippen molar-refractivity contribution in [1.82, 2.24) is 9.97 Å². The van der Waals surface area contributed by atoms with Crippen LogP contribution in [0.2, 0.25) is 10.0 Å². The van der Waals surface area contributed by atoms with Crippen molar-refractivity contribution in [2.24, 2.45) is 0 Å². The average Bonchev–Trinajstić information content (AvgIpc) is 3.02. The summed E-state index contributed by atoms with van der Waals surface area (Å²) >= 11 is 11.9. The molecule has 4 nitrogen and oxygen atoms in total. The summed E-state index contributed by atoms with van der Waals surface area (Å²) in [6.45, 7) is -0.495. The molecule has 0 saturated heterocycles. The highest BCUT2D eigenvalue weighted by Crippen LogP contribution is 2.10. The highest BCUT2D eigenvalue weighted by atomic mass is 35.5. The first-order chi connectivity index (χ1) is 11.2. The number of aromatic nitrogens is 2. The molecule has 0 radical (unpaired) electrons. The number of halogens is 2. The van der Waals surface area contributed by atoms with Gasteiger partial charge in [0, 0.05) is 10.0 Å². The molecule has 0 unspecified atom stereocenters. The Morgan fingerprint density at radius 3 is 1.91 bits per heavy atom. The highest BCUT2D eigenvalue weighted by molar-refractivity contribution is 6.80. The third kappa shape index (κ3) is 3.88. The van der Waals surface area contributed by atoms with E-state index < -0.39 is 0 Å². The lowest BCUT2D eigenvalue weighted by Gasteiger charge is -2.15. The number of nitrogens with zero attached hydrogens (tertiary/aromatic N) is 1. The molecule has 0 bridgehead atoms. The van der Waals surface area contributed by atoms with Crippen LogP contribution in [0, 0.1) is 0 Å². The summed E-state index contributed by atoms with van der Waals surface area (Å²) in [5, 5.41) is 10.4. The monoisotopic (exact) mass is 346 g/mol. The van der Waals surface area contributed by atoms with Gasteiger partial charge in [-0.05, 0) is 35.2 Å². The molecule has 23 heavy (non-hydrogen) atoms. The quantitative estimate of drug-likeness (QED) is 0.697. The van der Waals surface area contributed by atoms with E-state index in [2.05, 4.69) is 9.97 Å². The molecule has 2 aromatic carbocycles. The predicted molar refractivity (Wildman–Crippen MR) is 93.1 cm³/mol. The number of aliphatic hydroxyl groups excluding tert-OH is 1. The van der Waals surface area contributed by atoms with Crippen LogP contribution in [-0.2, 0) is 6.61 Å². The normalized spacial score (nSPS) is 10.6. The SMILES string of the molecule is OCc1cnc(OB(c2ccc(Cl)cc2)c2ccc(Cl)cc2)[nH]1. The molecule has 0 aliphatic carbocycles. The van der Waals surface area contributed by atoms with Gasteiger partial charge in [-0.25, -0.2) is 4.98 Å². The lowest BCUT2D eigenvalue weighted by Crippen LogP contribution is -2.47. The smallest absolute Gasteiger partial charge is 0.429 e. The fraction of sp³-hybridized carbons (Fsp3) is 0.0625. The Hall–Kier alpha value is -1.95. The van der Waals surface area contributed by atoms with Crippen LogP contribution in [0.5, 0.6) is 6.01 Å². The number of H-pyrrole nitrogens is 1. The van der Waals surface area contributed by atoms with Gasteiger partial charge in [0.05, 0.1) is 18.5 Å². The van der Waals surface area contributed by atoms with E-state index in [0.717, 1.165) is 10.9 Å². The first kappa shape index (κ1) is 15.9. The lowest BCUT2D eigenvalue weighted by molar-refractivity contribution is 0.277. The number of aliphatic hydroxyl groups is 1. The molecule has 0 aliphatic rings. The Kier molecular flexibility index (Phi) is 4.91. The molecule has 7 heteroatoms. The van der Waals surface area contributed by atoms with Gasteiger partial charge in [0.25, 0.3) is 6.01 Å². The van der Waals surface area contributed by atoms with E-state index in [1.165, 1.54) is 6.20 Å². The van der Waals surface area contributed by atoms with Crippen molar-refractivity contribution in [2.75, 3.05) is 0 Å². The zero-order valence-corrected chi connectivity index (χ0v) is 13.6. The fourth-order valence-electron chi connectivity index (χ4n) is 2.19. The summed E-state index contributed by atoms with van der Waals surface area (Å²) in [5.74, 6) is 0. The summed E-state index contributed by atoms with van der Waals surface area (Å²) in [7, 11) is 0. The molecule has 0 spiro atoms. The molecule has 0 aliphatic heterocycles. The maximum absolute atomic E-state index is 9.12. The van der Waals surface area contributed by atoms with Crippen molar-refractivity contribution in [3.63, 3.8) is 0 Å². The first-order valence-corrected chi connectivity index (χ1v) is 7.73. The standard InChI is InChI=1S/C16H13BCl2N2O2/c18-13-5-1-11(2-6-13)17(12-3-7-14(19)8-4-12)23-16-20-9-15(10-22)21-16/h1-9,22H,10H2,(H,20,21). The van der Waals surface area contributed by atoms with E-state index in [-0.39, 0.29) is 13.5 Å². The van der Waals surface area contributed by atoms with Crippen LogP contribution in [-0.4, -0.2) is 22.0 Å². The molecule has 2 N–H and O–H groups in total. The van der Waals surface area contributed by atoms with Crippen LogP contribution < -0.4 is 15.6 Å². The second kappa shape index (κ2) is 7.09. The molecule has 3 aromatic rings. The van der Waals surface area contributed by atoms with Gasteiger partial charge in [-0.2, -0.15) is 0 Å². The molecule has 0 amide bonds. The van der Waals surface area contributed by atoms with E-state index in [0.29, 0.717) is 21.7 Å². The lowest BCUT2D eigenvalue weighted by atomic mass is 9.55. The Balaban J connectivity index is 1.95. The molecule has 116 valence electrons. The van der Waals surface area contributed by atoms with Crippen LogP contribution in [0.25, 0.3) is 0 Å². The number of hydrogen-bond acceptors (Lipinski definition) is 3. The van der Waals surface area contributed by atoms with Crippen LogP contribution in [0.4, 0.5) is 0 Å². The minimum atomic E-state index is -0.373. The van der Waals surface area contributed by atoms with E-state index in [1.807, 2.05) is 48.5 Å². The average molecular weight is 347 g/mol. The fourth-order valence-corrected chi connectivity index (χ4v) is 2.45. The molecular formula is C16H13BCl2N2O2. The topological polar surface area (TPSA) is 58.1 Å². The second-order valence-corrected chi connectivity index (χ2v) is 5.85. The number of hydrogen-bond donors (Lipinski definition) is 2. The van der Waals surface area contributed by atoms with Crippen LogP contribution >= 0.6 is 23.2 Å². The third-order valence-corrected chi connectivity index (χ3v) is 3.85. The van der Waals surface area contributed by atoms with Gasteiger partial charge in [0.15, 0.2) is 0 Å². The Morgan fingerprint density at radius 1 is 0.957 bits per heavy atom. The first-order valence-electron chi connectivity index (χ1n) is 6.98. The molecule has 1 aromatic heterocycles. The molecule has 3 rings (SSSR count). The molecular weight excluding hydrogens is 334 g/mol. The van der Waals surface area contributed by atoms with Gasteiger partial charge < -0.3 is 14.7 Å². The van der Waals surface area contributed by atoms with Gasteiger partial charge in [0.2, 0.25) is 0 Å². The van der Waals surface area contributed by atoms with E-state index in [9.17, 15) is 0 Å².